The van der Waals surface area contributed by atoms with Crippen LogP contribution in [-0.2, 0) is 12.8 Å². The van der Waals surface area contributed by atoms with E-state index in [1.807, 2.05) is 12.1 Å². The van der Waals surface area contributed by atoms with Gasteiger partial charge in [-0.2, -0.15) is 0 Å². The molecule has 2 aromatic carbocycles. The van der Waals surface area contributed by atoms with Crippen LogP contribution in [0, 0.1) is 0 Å². The van der Waals surface area contributed by atoms with Crippen LogP contribution in [0.15, 0.2) is 48.5 Å². The molecule has 1 saturated heterocycles. The Morgan fingerprint density at radius 3 is 2.83 bits per heavy atom. The molecule has 1 atom stereocenters. The van der Waals surface area contributed by atoms with Crippen molar-refractivity contribution in [2.45, 2.75) is 31.7 Å². The summed E-state index contributed by atoms with van der Waals surface area (Å²) in [5.41, 5.74) is 4.61. The largest absolute Gasteiger partial charge is 0.384 e. The topological polar surface area (TPSA) is 32.3 Å². The second-order valence-electron chi connectivity index (χ2n) is 6.53. The summed E-state index contributed by atoms with van der Waals surface area (Å²) in [4.78, 5) is 15.0. The van der Waals surface area contributed by atoms with Crippen molar-refractivity contribution < 1.29 is 4.79 Å². The highest BCUT2D eigenvalue weighted by atomic mass is 35.5. The first-order chi connectivity index (χ1) is 11.3. The second kappa shape index (κ2) is 7.27. The minimum atomic E-state index is 0. The van der Waals surface area contributed by atoms with E-state index in [9.17, 15) is 4.79 Å². The number of hydrogen-bond acceptors (Lipinski definition) is 2. The first-order valence-corrected chi connectivity index (χ1v) is 8.53. The van der Waals surface area contributed by atoms with Crippen LogP contribution in [0.1, 0.15) is 34.3 Å². The Kier molecular flexibility index (Phi) is 5.10. The average molecular weight is 343 g/mol. The number of amides is 1. The van der Waals surface area contributed by atoms with Crippen LogP contribution in [-0.4, -0.2) is 29.9 Å². The van der Waals surface area contributed by atoms with E-state index in [1.165, 1.54) is 16.8 Å². The molecule has 1 fully saturated rings. The molecule has 0 aliphatic carbocycles. The summed E-state index contributed by atoms with van der Waals surface area (Å²) in [6, 6.07) is 16.9. The lowest BCUT2D eigenvalue weighted by Gasteiger charge is -2.25. The summed E-state index contributed by atoms with van der Waals surface area (Å²) in [7, 11) is 0. The standard InChI is InChI=1S/C20H22N2O.ClH/c23-20(17-8-9-19-16(14-17)10-11-21-19)22-12-4-7-18(22)13-15-5-2-1-3-6-15;/h1-3,5-6,8-9,14,18,21H,4,7,10-13H2;1H. The zero-order valence-corrected chi connectivity index (χ0v) is 14.5. The van der Waals surface area contributed by atoms with Crippen molar-refractivity contribution in [1.82, 2.24) is 4.90 Å². The van der Waals surface area contributed by atoms with Gasteiger partial charge in [-0.25, -0.2) is 0 Å². The SMILES string of the molecule is Cl.O=C(c1ccc2c(c1)CCN2)N1CCCC1Cc1ccccc1. The normalized spacial score (nSPS) is 18.7. The molecule has 2 aliphatic heterocycles. The fourth-order valence-electron chi connectivity index (χ4n) is 3.81. The predicted molar refractivity (Wildman–Crippen MR) is 100 cm³/mol. The molecule has 4 rings (SSSR count). The van der Waals surface area contributed by atoms with Gasteiger partial charge in [0.05, 0.1) is 0 Å². The maximum Gasteiger partial charge on any atom is 0.254 e. The molecule has 0 aromatic heterocycles. The molecule has 0 radical (unpaired) electrons. The quantitative estimate of drug-likeness (QED) is 0.916. The van der Waals surface area contributed by atoms with Gasteiger partial charge >= 0.3 is 0 Å². The van der Waals surface area contributed by atoms with Gasteiger partial charge in [0, 0.05) is 30.4 Å². The van der Waals surface area contributed by atoms with Crippen molar-refractivity contribution in [2.24, 2.45) is 0 Å². The van der Waals surface area contributed by atoms with Crippen molar-refractivity contribution in [1.29, 1.82) is 0 Å². The van der Waals surface area contributed by atoms with E-state index < -0.39 is 0 Å². The van der Waals surface area contributed by atoms with E-state index in [4.69, 9.17) is 0 Å². The maximum absolute atomic E-state index is 13.0. The first kappa shape index (κ1) is 16.8. The van der Waals surface area contributed by atoms with E-state index in [-0.39, 0.29) is 18.3 Å². The fourth-order valence-corrected chi connectivity index (χ4v) is 3.81. The van der Waals surface area contributed by atoms with Gasteiger partial charge in [-0.05, 0) is 55.0 Å². The van der Waals surface area contributed by atoms with Crippen molar-refractivity contribution in [3.05, 3.63) is 65.2 Å². The molecular weight excluding hydrogens is 320 g/mol. The van der Waals surface area contributed by atoms with Crippen LogP contribution in [0.25, 0.3) is 0 Å². The summed E-state index contributed by atoms with van der Waals surface area (Å²) in [5, 5.41) is 3.35. The molecule has 24 heavy (non-hydrogen) atoms. The van der Waals surface area contributed by atoms with Gasteiger partial charge < -0.3 is 10.2 Å². The number of anilines is 1. The van der Waals surface area contributed by atoms with Crippen LogP contribution >= 0.6 is 12.4 Å². The van der Waals surface area contributed by atoms with Crippen molar-refractivity contribution in [3.8, 4) is 0 Å². The molecule has 0 saturated carbocycles. The Hall–Kier alpha value is -2.00. The van der Waals surface area contributed by atoms with Gasteiger partial charge in [0.2, 0.25) is 0 Å². The zero-order chi connectivity index (χ0) is 15.6. The van der Waals surface area contributed by atoms with Gasteiger partial charge in [0.25, 0.3) is 5.91 Å². The number of halogens is 1. The number of carbonyl (C=O) groups excluding carboxylic acids is 1. The number of nitrogens with one attached hydrogen (secondary N) is 1. The smallest absolute Gasteiger partial charge is 0.254 e. The summed E-state index contributed by atoms with van der Waals surface area (Å²) >= 11 is 0. The third kappa shape index (κ3) is 3.27. The number of fused-ring (bicyclic) bond motifs is 1. The van der Waals surface area contributed by atoms with Gasteiger partial charge in [0.15, 0.2) is 0 Å². The molecule has 2 aliphatic rings. The molecule has 2 heterocycles. The molecule has 1 unspecified atom stereocenters. The van der Waals surface area contributed by atoms with Crippen LogP contribution < -0.4 is 5.32 Å². The predicted octanol–water partition coefficient (Wildman–Crippen LogP) is 3.92. The molecule has 1 amide bonds. The Labute approximate surface area is 149 Å². The Bertz CT molecular complexity index is 717. The lowest BCUT2D eigenvalue weighted by atomic mass is 10.0. The van der Waals surface area contributed by atoms with Gasteiger partial charge in [-0.1, -0.05) is 30.3 Å². The van der Waals surface area contributed by atoms with E-state index in [2.05, 4.69) is 46.6 Å². The summed E-state index contributed by atoms with van der Waals surface area (Å²) in [6.07, 6.45) is 4.19. The maximum atomic E-state index is 13.0. The summed E-state index contributed by atoms with van der Waals surface area (Å²) < 4.78 is 0. The van der Waals surface area contributed by atoms with Crippen molar-refractivity contribution in [3.63, 3.8) is 0 Å². The molecule has 0 spiro atoms. The number of rotatable bonds is 3. The van der Waals surface area contributed by atoms with Crippen LogP contribution in [0.3, 0.4) is 0 Å². The van der Waals surface area contributed by atoms with Crippen LogP contribution in [0.5, 0.6) is 0 Å². The summed E-state index contributed by atoms with van der Waals surface area (Å²) in [6.45, 7) is 1.86. The Balaban J connectivity index is 0.00000169. The van der Waals surface area contributed by atoms with Crippen molar-refractivity contribution in [2.75, 3.05) is 18.4 Å². The Morgan fingerprint density at radius 1 is 1.17 bits per heavy atom. The number of benzene rings is 2. The second-order valence-corrected chi connectivity index (χ2v) is 6.53. The third-order valence-corrected chi connectivity index (χ3v) is 5.01. The monoisotopic (exact) mass is 342 g/mol. The molecule has 126 valence electrons. The Morgan fingerprint density at radius 2 is 2.00 bits per heavy atom. The van der Waals surface area contributed by atoms with Gasteiger partial charge in [0.1, 0.15) is 0 Å². The molecule has 2 aromatic rings. The van der Waals surface area contributed by atoms with E-state index in [0.717, 1.165) is 44.3 Å². The highest BCUT2D eigenvalue weighted by Gasteiger charge is 2.29. The van der Waals surface area contributed by atoms with Gasteiger partial charge in [-0.15, -0.1) is 12.4 Å². The molecule has 4 heteroatoms. The highest BCUT2D eigenvalue weighted by molar-refractivity contribution is 5.95. The highest BCUT2D eigenvalue weighted by Crippen LogP contribution is 2.27. The lowest BCUT2D eigenvalue weighted by molar-refractivity contribution is 0.0736. The molecule has 3 nitrogen and oxygen atoms in total. The third-order valence-electron chi connectivity index (χ3n) is 5.01. The number of hydrogen-bond donors (Lipinski definition) is 1. The van der Waals surface area contributed by atoms with E-state index in [1.54, 1.807) is 0 Å². The minimum Gasteiger partial charge on any atom is -0.384 e. The minimum absolute atomic E-state index is 0. The van der Waals surface area contributed by atoms with Crippen LogP contribution in [0.4, 0.5) is 5.69 Å². The van der Waals surface area contributed by atoms with E-state index in [0.29, 0.717) is 6.04 Å². The number of nitrogens with zero attached hydrogens (tertiary/aromatic N) is 1. The van der Waals surface area contributed by atoms with E-state index >= 15 is 0 Å². The number of carbonyl (C=O) groups is 1. The van der Waals surface area contributed by atoms with Crippen LogP contribution in [0.2, 0.25) is 0 Å². The molecular formula is C20H23ClN2O. The molecule has 0 bridgehead atoms. The zero-order valence-electron chi connectivity index (χ0n) is 13.7. The van der Waals surface area contributed by atoms with Gasteiger partial charge in [-0.3, -0.25) is 4.79 Å². The fraction of sp³-hybridized carbons (Fsp3) is 0.350. The molecule has 1 N–H and O–H groups in total. The average Bonchev–Trinajstić information content (AvgIpc) is 3.23. The van der Waals surface area contributed by atoms with Crippen molar-refractivity contribution >= 4 is 24.0 Å². The number of likely N-dealkylation sites (tertiary alicyclic amines) is 1. The first-order valence-electron chi connectivity index (χ1n) is 8.53. The lowest BCUT2D eigenvalue weighted by Crippen LogP contribution is -2.36. The summed E-state index contributed by atoms with van der Waals surface area (Å²) in [5.74, 6) is 0.193.